The lowest BCUT2D eigenvalue weighted by Gasteiger charge is -2.01. The van der Waals surface area contributed by atoms with Crippen molar-refractivity contribution >= 4 is 11.8 Å². The zero-order valence-electron chi connectivity index (χ0n) is 7.36. The van der Waals surface area contributed by atoms with Gasteiger partial charge in [-0.3, -0.25) is 0 Å². The maximum Gasteiger partial charge on any atom is 0.342 e. The number of rotatable bonds is 1. The van der Waals surface area contributed by atoms with E-state index in [2.05, 4.69) is 0 Å². The van der Waals surface area contributed by atoms with Crippen molar-refractivity contribution in [3.63, 3.8) is 0 Å². The van der Waals surface area contributed by atoms with E-state index in [4.69, 9.17) is 0 Å². The molecule has 0 aliphatic carbocycles. The fraction of sp³-hybridized carbons (Fsp3) is 0.500. The molecule has 0 aromatic carbocycles. The Balaban J connectivity index is 2.72. The molecule has 0 fully saturated rings. The highest BCUT2D eigenvalue weighted by molar-refractivity contribution is 7.99. The Labute approximate surface area is 79.8 Å². The van der Waals surface area contributed by atoms with Crippen LogP contribution in [0.25, 0.3) is 0 Å². The highest BCUT2D eigenvalue weighted by Crippen LogP contribution is 2.19. The fourth-order valence-corrected chi connectivity index (χ4v) is 2.66. The smallest absolute Gasteiger partial charge is 0.342 e. The molecule has 1 aliphatic heterocycles. The lowest BCUT2D eigenvalue weighted by molar-refractivity contribution is -0.734. The molecule has 4 nitrogen and oxygen atoms in total. The Morgan fingerprint density at radius 1 is 1.77 bits per heavy atom. The molecule has 2 rings (SSSR count). The fourth-order valence-electron chi connectivity index (χ4n) is 1.49. The third-order valence-electron chi connectivity index (χ3n) is 2.12. The van der Waals surface area contributed by atoms with Gasteiger partial charge in [0.25, 0.3) is 5.88 Å². The summed E-state index contributed by atoms with van der Waals surface area (Å²) in [6.07, 6.45) is 0. The Morgan fingerprint density at radius 2 is 2.54 bits per heavy atom. The first-order valence-corrected chi connectivity index (χ1v) is 5.22. The lowest BCUT2D eigenvalue weighted by atomic mass is 10.5. The van der Waals surface area contributed by atoms with Crippen LogP contribution >= 0.6 is 11.8 Å². The van der Waals surface area contributed by atoms with Gasteiger partial charge in [-0.2, -0.15) is 9.13 Å². The van der Waals surface area contributed by atoms with Crippen molar-refractivity contribution in [1.29, 1.82) is 0 Å². The monoisotopic (exact) mass is 199 g/mol. The average Bonchev–Trinajstić information content (AvgIpc) is 2.53. The molecule has 0 saturated carbocycles. The number of hydrogen-bond donors (Lipinski definition) is 1. The van der Waals surface area contributed by atoms with Crippen molar-refractivity contribution in [3.8, 4) is 5.88 Å². The van der Waals surface area contributed by atoms with Crippen LogP contribution in [0.15, 0.2) is 16.0 Å². The van der Waals surface area contributed by atoms with Gasteiger partial charge in [0.1, 0.15) is 12.6 Å². The first-order chi connectivity index (χ1) is 6.24. The SMILES string of the molecule is CCn1c2[n+](c(O)cc1=O)CCS2. The van der Waals surface area contributed by atoms with Crippen LogP contribution in [0, 0.1) is 0 Å². The minimum Gasteiger partial charge on any atom is -0.478 e. The highest BCUT2D eigenvalue weighted by Gasteiger charge is 2.26. The van der Waals surface area contributed by atoms with Gasteiger partial charge in [-0.15, -0.1) is 0 Å². The minimum atomic E-state index is -0.124. The van der Waals surface area contributed by atoms with Crippen molar-refractivity contribution in [1.82, 2.24) is 4.57 Å². The summed E-state index contributed by atoms with van der Waals surface area (Å²) < 4.78 is 3.45. The van der Waals surface area contributed by atoms with Gasteiger partial charge in [0, 0.05) is 5.75 Å². The normalized spacial score (nSPS) is 14.5. The molecule has 2 heterocycles. The summed E-state index contributed by atoms with van der Waals surface area (Å²) in [6, 6.07) is 1.28. The van der Waals surface area contributed by atoms with Gasteiger partial charge in [0.05, 0.1) is 6.54 Å². The zero-order valence-corrected chi connectivity index (χ0v) is 8.17. The topological polar surface area (TPSA) is 46.1 Å². The molecule has 1 aliphatic rings. The first-order valence-electron chi connectivity index (χ1n) is 4.23. The van der Waals surface area contributed by atoms with Crippen molar-refractivity contribution in [2.45, 2.75) is 25.2 Å². The molecule has 0 bridgehead atoms. The maximum absolute atomic E-state index is 11.4. The van der Waals surface area contributed by atoms with Gasteiger partial charge in [-0.1, -0.05) is 0 Å². The molecule has 0 saturated heterocycles. The predicted molar refractivity (Wildman–Crippen MR) is 49.0 cm³/mol. The molecule has 13 heavy (non-hydrogen) atoms. The molecule has 0 atom stereocenters. The second kappa shape index (κ2) is 3.06. The summed E-state index contributed by atoms with van der Waals surface area (Å²) >= 11 is 1.61. The van der Waals surface area contributed by atoms with Crippen LogP contribution in [-0.2, 0) is 13.1 Å². The molecule has 0 radical (unpaired) electrons. The number of fused-ring (bicyclic) bond motifs is 1. The molecule has 1 aromatic heterocycles. The zero-order chi connectivity index (χ0) is 9.42. The van der Waals surface area contributed by atoms with E-state index < -0.39 is 0 Å². The Hall–Kier alpha value is -0.970. The van der Waals surface area contributed by atoms with Crippen molar-refractivity contribution in [2.24, 2.45) is 0 Å². The third kappa shape index (κ3) is 1.23. The van der Waals surface area contributed by atoms with Crippen LogP contribution in [0.5, 0.6) is 5.88 Å². The van der Waals surface area contributed by atoms with Gasteiger partial charge in [0.2, 0.25) is 0 Å². The van der Waals surface area contributed by atoms with Crippen LogP contribution in [0.1, 0.15) is 6.92 Å². The van der Waals surface area contributed by atoms with E-state index in [-0.39, 0.29) is 11.4 Å². The van der Waals surface area contributed by atoms with Crippen molar-refractivity contribution < 1.29 is 9.67 Å². The van der Waals surface area contributed by atoms with Crippen LogP contribution in [0.3, 0.4) is 0 Å². The van der Waals surface area contributed by atoms with E-state index in [0.29, 0.717) is 6.54 Å². The number of aromatic nitrogens is 2. The standard InChI is InChI=1S/C8H10N2O2S/c1-2-9-6(11)5-7(12)10-3-4-13-8(9)10/h5H,2-4H2,1H3/p+1. The Bertz CT molecular complexity index is 400. The van der Waals surface area contributed by atoms with E-state index in [0.717, 1.165) is 17.5 Å². The van der Waals surface area contributed by atoms with Crippen molar-refractivity contribution in [2.75, 3.05) is 5.75 Å². The number of thioether (sulfide) groups is 1. The van der Waals surface area contributed by atoms with Crippen molar-refractivity contribution in [3.05, 3.63) is 16.4 Å². The summed E-state index contributed by atoms with van der Waals surface area (Å²) in [6.45, 7) is 3.37. The first kappa shape index (κ1) is 8.62. The molecule has 5 heteroatoms. The second-order valence-corrected chi connectivity index (χ2v) is 3.93. The van der Waals surface area contributed by atoms with Gasteiger partial charge < -0.3 is 5.11 Å². The van der Waals surface area contributed by atoms with Gasteiger partial charge in [0.15, 0.2) is 0 Å². The molecule has 1 N–H and O–H groups in total. The minimum absolute atomic E-state index is 0.0784. The van der Waals surface area contributed by atoms with Gasteiger partial charge in [-0.05, 0) is 18.7 Å². The summed E-state index contributed by atoms with van der Waals surface area (Å²) in [5, 5.41) is 10.3. The van der Waals surface area contributed by atoms with E-state index in [9.17, 15) is 9.90 Å². The third-order valence-corrected chi connectivity index (χ3v) is 3.20. The lowest BCUT2D eigenvalue weighted by Crippen LogP contribution is -2.40. The summed E-state index contributed by atoms with van der Waals surface area (Å²) in [5.41, 5.74) is -0.124. The maximum atomic E-state index is 11.4. The van der Waals surface area contributed by atoms with Gasteiger partial charge >= 0.3 is 10.7 Å². The Morgan fingerprint density at radius 3 is 3.23 bits per heavy atom. The quantitative estimate of drug-likeness (QED) is 0.510. The van der Waals surface area contributed by atoms with E-state index in [1.807, 2.05) is 6.92 Å². The van der Waals surface area contributed by atoms with E-state index >= 15 is 0 Å². The molecular formula is C8H11N2O2S+. The largest absolute Gasteiger partial charge is 0.478 e. The molecular weight excluding hydrogens is 188 g/mol. The summed E-state index contributed by atoms with van der Waals surface area (Å²) in [4.78, 5) is 11.4. The van der Waals surface area contributed by atoms with E-state index in [1.54, 1.807) is 20.9 Å². The second-order valence-electron chi connectivity index (χ2n) is 2.87. The Kier molecular flexibility index (Phi) is 2.03. The van der Waals surface area contributed by atoms with Crippen LogP contribution < -0.4 is 10.1 Å². The number of hydrogen-bond acceptors (Lipinski definition) is 3. The number of aromatic hydroxyl groups is 1. The van der Waals surface area contributed by atoms with Crippen LogP contribution in [0.4, 0.5) is 0 Å². The van der Waals surface area contributed by atoms with Crippen LogP contribution in [-0.4, -0.2) is 15.4 Å². The highest BCUT2D eigenvalue weighted by atomic mass is 32.2. The molecule has 0 amide bonds. The summed E-state index contributed by atoms with van der Waals surface area (Å²) in [5.74, 6) is 1.01. The molecule has 0 spiro atoms. The molecule has 0 unspecified atom stereocenters. The molecule has 70 valence electrons. The van der Waals surface area contributed by atoms with Crippen LogP contribution in [0.2, 0.25) is 0 Å². The predicted octanol–water partition coefficient (Wildman–Crippen LogP) is -0.0330. The van der Waals surface area contributed by atoms with Gasteiger partial charge in [-0.25, -0.2) is 4.79 Å². The summed E-state index contributed by atoms with van der Waals surface area (Å²) in [7, 11) is 0. The van der Waals surface area contributed by atoms with E-state index in [1.165, 1.54) is 6.07 Å². The average molecular weight is 199 g/mol. The number of nitrogens with zero attached hydrogens (tertiary/aromatic N) is 2. The molecule has 1 aromatic rings.